The van der Waals surface area contributed by atoms with Gasteiger partial charge in [0.05, 0.1) is 34.8 Å². The first kappa shape index (κ1) is 55.5. The van der Waals surface area contributed by atoms with Gasteiger partial charge in [-0.25, -0.2) is 26.9 Å². The van der Waals surface area contributed by atoms with Gasteiger partial charge in [-0.05, 0) is 98.6 Å². The van der Waals surface area contributed by atoms with Crippen molar-refractivity contribution in [2.75, 3.05) is 46.1 Å². The molecule has 1 fully saturated rings. The van der Waals surface area contributed by atoms with Crippen molar-refractivity contribution in [1.82, 2.24) is 25.4 Å². The highest BCUT2D eigenvalue weighted by molar-refractivity contribution is 7.13. The highest BCUT2D eigenvalue weighted by Crippen LogP contribution is 2.50. The summed E-state index contributed by atoms with van der Waals surface area (Å²) in [6, 6.07) is 14.8. The van der Waals surface area contributed by atoms with Crippen molar-refractivity contribution >= 4 is 34.6 Å². The van der Waals surface area contributed by atoms with E-state index in [1.54, 1.807) is 26.3 Å². The van der Waals surface area contributed by atoms with Crippen LogP contribution in [0.2, 0.25) is 0 Å². The minimum atomic E-state index is -3.44. The number of thiazole rings is 1. The maximum atomic E-state index is 16.1. The minimum Gasteiger partial charge on any atom is -0.493 e. The van der Waals surface area contributed by atoms with Gasteiger partial charge in [-0.2, -0.15) is 0 Å². The summed E-state index contributed by atoms with van der Waals surface area (Å²) >= 11 is 1.54. The van der Waals surface area contributed by atoms with Crippen molar-refractivity contribution in [2.24, 2.45) is 5.41 Å². The molecule has 3 N–H and O–H groups in total. The van der Waals surface area contributed by atoms with Crippen LogP contribution >= 0.6 is 11.3 Å². The van der Waals surface area contributed by atoms with Crippen LogP contribution in [0.1, 0.15) is 108 Å². The number of hydrogen-bond donors (Lipinski definition) is 3. The number of ether oxygens (including phenoxy) is 3. The summed E-state index contributed by atoms with van der Waals surface area (Å²) in [5.41, 5.74) is 6.01. The lowest BCUT2D eigenvalue weighted by molar-refractivity contribution is -0.147. The van der Waals surface area contributed by atoms with Crippen molar-refractivity contribution in [3.8, 4) is 16.2 Å². The number of fused-ring (bicyclic) bond motifs is 2. The number of aromatic nitrogens is 1. The van der Waals surface area contributed by atoms with Gasteiger partial charge in [-0.1, -0.05) is 69.3 Å². The van der Waals surface area contributed by atoms with Crippen LogP contribution in [0, 0.1) is 24.0 Å². The molecule has 4 aromatic rings. The van der Waals surface area contributed by atoms with Crippen molar-refractivity contribution in [1.29, 1.82) is 0 Å². The zero-order chi connectivity index (χ0) is 52.8. The molecule has 2 aliphatic heterocycles. The van der Waals surface area contributed by atoms with Gasteiger partial charge in [0, 0.05) is 56.4 Å². The maximum absolute atomic E-state index is 16.1. The number of halogens is 5. The molecular weight excluding hydrogens is 970 g/mol. The van der Waals surface area contributed by atoms with Gasteiger partial charge in [0.2, 0.25) is 17.7 Å². The Bertz CT molecular complexity index is 2590. The van der Waals surface area contributed by atoms with E-state index in [-0.39, 0.29) is 56.6 Å². The summed E-state index contributed by atoms with van der Waals surface area (Å²) in [6.07, 6.45) is 1.54. The number of aryl methyl sites for hydroxylation is 1. The van der Waals surface area contributed by atoms with Crippen LogP contribution in [0.3, 0.4) is 0 Å². The molecule has 3 heterocycles. The van der Waals surface area contributed by atoms with E-state index in [2.05, 4.69) is 15.6 Å². The number of likely N-dealkylation sites (tertiary alicyclic amines) is 1. The number of hydrogen-bond acceptors (Lipinski definition) is 10. The summed E-state index contributed by atoms with van der Waals surface area (Å²) in [6.45, 7) is 9.22. The lowest BCUT2D eigenvalue weighted by Gasteiger charge is -2.44. The Labute approximate surface area is 428 Å². The molecule has 0 spiro atoms. The van der Waals surface area contributed by atoms with Gasteiger partial charge in [-0.15, -0.1) is 11.3 Å². The van der Waals surface area contributed by atoms with Crippen LogP contribution in [0.4, 0.5) is 22.0 Å². The number of nitrogens with zero attached hydrogens (tertiary/aromatic N) is 3. The van der Waals surface area contributed by atoms with Crippen molar-refractivity contribution in [2.45, 2.75) is 135 Å². The molecule has 12 nitrogen and oxygen atoms in total. The molecule has 5 atom stereocenters. The second-order valence-corrected chi connectivity index (χ2v) is 22.1. The Hall–Kier alpha value is -5.27. The molecule has 0 radical (unpaired) electrons. The molecule has 1 saturated heterocycles. The Kier molecular flexibility index (Phi) is 17.9. The van der Waals surface area contributed by atoms with E-state index < -0.39 is 90.4 Å². The van der Waals surface area contributed by atoms with E-state index in [0.717, 1.165) is 56.1 Å². The molecule has 18 heteroatoms. The number of unbranched alkanes of at least 4 members (excludes halogenated alkanes) is 2. The van der Waals surface area contributed by atoms with E-state index in [1.807, 2.05) is 67.3 Å². The van der Waals surface area contributed by atoms with Gasteiger partial charge in [0.1, 0.15) is 55.0 Å². The van der Waals surface area contributed by atoms with Gasteiger partial charge < -0.3 is 34.9 Å². The fourth-order valence-corrected chi connectivity index (χ4v) is 10.8. The van der Waals surface area contributed by atoms with Crippen LogP contribution in [0.15, 0.2) is 71.7 Å². The Morgan fingerprint density at radius 2 is 1.62 bits per heavy atom. The summed E-state index contributed by atoms with van der Waals surface area (Å²) in [5.74, 6) is -6.89. The van der Waals surface area contributed by atoms with Gasteiger partial charge >= 0.3 is 0 Å². The molecule has 1 aromatic heterocycles. The van der Waals surface area contributed by atoms with Gasteiger partial charge in [0.15, 0.2) is 0 Å². The molecule has 7 rings (SSSR count). The molecule has 396 valence electrons. The van der Waals surface area contributed by atoms with E-state index in [4.69, 9.17) is 14.2 Å². The predicted molar refractivity (Wildman–Crippen MR) is 270 cm³/mol. The predicted octanol–water partition coefficient (Wildman–Crippen LogP) is 9.32. The summed E-state index contributed by atoms with van der Waals surface area (Å²) in [4.78, 5) is 48.8. The number of amides is 3. The molecule has 0 unspecified atom stereocenters. The number of nitrogens with one attached hydrogen (secondary N) is 2. The zero-order valence-electron chi connectivity index (χ0n) is 42.7. The van der Waals surface area contributed by atoms with Crippen LogP contribution in [-0.2, 0) is 36.8 Å². The van der Waals surface area contributed by atoms with E-state index >= 15 is 13.2 Å². The van der Waals surface area contributed by atoms with E-state index in [9.17, 15) is 28.3 Å². The second-order valence-electron chi connectivity index (χ2n) is 21.2. The third-order valence-corrected chi connectivity index (χ3v) is 14.5. The molecule has 0 bridgehead atoms. The number of aliphatic hydroxyl groups is 1. The Balaban J connectivity index is 0.816. The fourth-order valence-electron chi connectivity index (χ4n) is 9.96. The van der Waals surface area contributed by atoms with Crippen LogP contribution in [0.25, 0.3) is 16.0 Å². The number of rotatable bonds is 22. The minimum absolute atomic E-state index is 0.000446. The lowest BCUT2D eigenvalue weighted by Crippen LogP contribution is -2.58. The highest BCUT2D eigenvalue weighted by Gasteiger charge is 2.46. The number of alkyl halides is 3. The van der Waals surface area contributed by atoms with Gasteiger partial charge in [0.25, 0.3) is 5.92 Å². The number of benzene rings is 3. The highest BCUT2D eigenvalue weighted by atomic mass is 32.1. The lowest BCUT2D eigenvalue weighted by atomic mass is 9.84. The number of aliphatic hydroxyl groups excluding tert-OH is 1. The monoisotopic (exact) mass is 1040 g/mol. The van der Waals surface area contributed by atoms with Crippen LogP contribution < -0.4 is 15.4 Å². The number of carbonyl (C=O) groups excluding carboxylic acids is 3. The van der Waals surface area contributed by atoms with E-state index in [1.165, 1.54) is 30.1 Å². The third-order valence-electron chi connectivity index (χ3n) is 13.5. The summed E-state index contributed by atoms with van der Waals surface area (Å²) in [5, 5.41) is 16.0. The molecular formula is C55H68F5N5O7S. The zero-order valence-corrected chi connectivity index (χ0v) is 43.5. The largest absolute Gasteiger partial charge is 0.493 e. The summed E-state index contributed by atoms with van der Waals surface area (Å²) < 4.78 is 92.8. The van der Waals surface area contributed by atoms with Crippen LogP contribution in [-0.4, -0.2) is 120 Å². The van der Waals surface area contributed by atoms with Crippen LogP contribution in [0.5, 0.6) is 5.75 Å². The first-order valence-corrected chi connectivity index (χ1v) is 25.8. The fraction of sp³-hybridized carbons (Fsp3) is 0.527. The van der Waals surface area contributed by atoms with E-state index in [0.29, 0.717) is 32.1 Å². The Morgan fingerprint density at radius 1 is 0.932 bits per heavy atom. The molecule has 3 aromatic carbocycles. The smallest absolute Gasteiger partial charge is 0.293 e. The quantitative estimate of drug-likeness (QED) is 0.0519. The standard InChI is InChI=1S/C55H68F5N5O7S/c1-33-21-41-40-14-10-9-13-37(40)22-42(41)48(65(33)29-54(6,7)58)47-43(56)24-39(25-44(47)57)72-20-12-8-11-19-70-30-55(59,60)31-71-28-46(67)63-50(53(3,4)5)52(69)64-27-38(66)23-45(64)51(68)61-26-35-15-17-36(18-16-35)49-34(2)62-32-73-49/h9-10,13-18,24-25,32-33,38,45,48,50,66H,8,11-12,19-23,26-31H2,1-7H3,(H,61,68)(H,63,67)/t33-,38-,45+,48+,50-/m1/s1. The number of carbonyl (C=O) groups is 3. The van der Waals surface area contributed by atoms with Crippen molar-refractivity contribution in [3.05, 3.63) is 111 Å². The third kappa shape index (κ3) is 14.1. The Morgan fingerprint density at radius 3 is 2.29 bits per heavy atom. The maximum Gasteiger partial charge on any atom is 0.293 e. The molecule has 73 heavy (non-hydrogen) atoms. The molecule has 3 aliphatic rings. The van der Waals surface area contributed by atoms with Crippen molar-refractivity contribution in [3.63, 3.8) is 0 Å². The normalized spacial score (nSPS) is 19.7. The second kappa shape index (κ2) is 23.5. The van der Waals surface area contributed by atoms with Crippen molar-refractivity contribution < 1.29 is 55.7 Å². The topological polar surface area (TPSA) is 143 Å². The number of β-amino-alcohol motifs (C(OH)–C–C–N with tert-alkyl or cyclic N) is 1. The molecule has 3 amide bonds. The first-order valence-electron chi connectivity index (χ1n) is 24.9. The average molecular weight is 1040 g/mol. The SMILES string of the molecule is Cc1ncsc1-c1ccc(CNC(=O)[C@@H]2C[C@@H](O)CN2C(=O)[C@@H](NC(=O)COCC(F)(F)COCCCCCOc2cc(F)c([C@@H]3C4=C(C[C@@H](C)N3CC(C)(C)F)c3ccccc3C4)c(F)c2)C(C)(C)C)cc1. The summed E-state index contributed by atoms with van der Waals surface area (Å²) in [7, 11) is 0. The molecule has 1 aliphatic carbocycles. The van der Waals surface area contributed by atoms with Gasteiger partial charge in [-0.3, -0.25) is 19.3 Å². The average Bonchev–Trinajstić information content (AvgIpc) is 4.04. The molecule has 0 saturated carbocycles. The first-order chi connectivity index (χ1) is 34.5.